The normalized spacial score (nSPS) is 14.2. The van der Waals surface area contributed by atoms with Gasteiger partial charge in [0, 0.05) is 29.9 Å². The third-order valence-corrected chi connectivity index (χ3v) is 4.60. The molecule has 0 spiro atoms. The number of carbonyl (C=O) groups is 2. The lowest BCUT2D eigenvalue weighted by Gasteiger charge is -2.22. The van der Waals surface area contributed by atoms with E-state index < -0.39 is 11.7 Å². The van der Waals surface area contributed by atoms with Gasteiger partial charge in [0.05, 0.1) is 5.69 Å². The second-order valence-electron chi connectivity index (χ2n) is 6.42. The highest BCUT2D eigenvalue weighted by Crippen LogP contribution is 2.27. The molecule has 0 saturated carbocycles. The largest absolute Gasteiger partial charge is 0.297 e. The first-order valence-electron chi connectivity index (χ1n) is 8.71. The van der Waals surface area contributed by atoms with E-state index in [9.17, 15) is 14.0 Å². The zero-order valence-electron chi connectivity index (χ0n) is 15.1. The van der Waals surface area contributed by atoms with Crippen LogP contribution in [0.5, 0.6) is 0 Å². The quantitative estimate of drug-likeness (QED) is 0.662. The van der Waals surface area contributed by atoms with Crippen molar-refractivity contribution in [2.75, 3.05) is 13.6 Å². The Morgan fingerprint density at radius 2 is 1.71 bits per heavy atom. The third kappa shape index (κ3) is 3.20. The van der Waals surface area contributed by atoms with Crippen molar-refractivity contribution in [1.29, 1.82) is 0 Å². The Hall–Kier alpha value is -3.67. The molecule has 1 aliphatic rings. The highest BCUT2D eigenvalue weighted by molar-refractivity contribution is 6.42. The van der Waals surface area contributed by atoms with Crippen LogP contribution in [0.25, 0.3) is 22.4 Å². The number of ketones is 1. The lowest BCUT2D eigenvalue weighted by atomic mass is 10.0. The Kier molecular flexibility index (Phi) is 4.53. The van der Waals surface area contributed by atoms with Crippen molar-refractivity contribution < 1.29 is 14.0 Å². The average Bonchev–Trinajstić information content (AvgIpc) is 2.73. The maximum absolute atomic E-state index is 14.7. The molecule has 1 amide bonds. The molecule has 1 aliphatic heterocycles. The van der Waals surface area contributed by atoms with E-state index in [4.69, 9.17) is 0 Å². The van der Waals surface area contributed by atoms with Gasteiger partial charge in [-0.1, -0.05) is 42.5 Å². The summed E-state index contributed by atoms with van der Waals surface area (Å²) in [5.74, 6) is -1.08. The summed E-state index contributed by atoms with van der Waals surface area (Å²) in [6, 6.07) is 17.7. The molecule has 3 aromatic rings. The van der Waals surface area contributed by atoms with E-state index in [-0.39, 0.29) is 12.4 Å². The molecule has 0 fully saturated rings. The van der Waals surface area contributed by atoms with E-state index in [0.717, 1.165) is 5.56 Å². The number of rotatable bonds is 3. The van der Waals surface area contributed by atoms with E-state index in [2.05, 4.69) is 9.98 Å². The standard InChI is InChI=1S/C22H16FN3O2/c1-26-21(25-13-20(27)22(26)28)16-9-10-24-19(12-16)15-7-8-17(18(23)11-15)14-5-3-2-4-6-14/h2-12H,13H2,1H3. The predicted octanol–water partition coefficient (Wildman–Crippen LogP) is 3.34. The van der Waals surface area contributed by atoms with Crippen molar-refractivity contribution in [3.63, 3.8) is 0 Å². The van der Waals surface area contributed by atoms with Crippen molar-refractivity contribution >= 4 is 17.5 Å². The van der Waals surface area contributed by atoms with Crippen LogP contribution in [0.2, 0.25) is 0 Å². The van der Waals surface area contributed by atoms with Crippen molar-refractivity contribution in [3.05, 3.63) is 78.2 Å². The molecule has 4 rings (SSSR count). The Morgan fingerprint density at radius 3 is 2.46 bits per heavy atom. The maximum atomic E-state index is 14.7. The Balaban J connectivity index is 1.70. The first kappa shape index (κ1) is 17.7. The van der Waals surface area contributed by atoms with E-state index in [0.29, 0.717) is 28.2 Å². The van der Waals surface area contributed by atoms with Crippen molar-refractivity contribution in [1.82, 2.24) is 9.88 Å². The average molecular weight is 373 g/mol. The number of carbonyl (C=O) groups excluding carboxylic acids is 2. The van der Waals surface area contributed by atoms with Crippen LogP contribution in [0, 0.1) is 5.82 Å². The summed E-state index contributed by atoms with van der Waals surface area (Å²) in [6.07, 6.45) is 1.57. The molecular formula is C22H16FN3O2. The Morgan fingerprint density at radius 1 is 0.929 bits per heavy atom. The number of hydrogen-bond donors (Lipinski definition) is 0. The second-order valence-corrected chi connectivity index (χ2v) is 6.42. The monoisotopic (exact) mass is 373 g/mol. The third-order valence-electron chi connectivity index (χ3n) is 4.60. The molecule has 0 unspecified atom stereocenters. The smallest absolute Gasteiger partial charge is 0.293 e. The maximum Gasteiger partial charge on any atom is 0.297 e. The van der Waals surface area contributed by atoms with Crippen LogP contribution in [0.1, 0.15) is 5.56 Å². The van der Waals surface area contributed by atoms with Gasteiger partial charge in [-0.05, 0) is 23.8 Å². The lowest BCUT2D eigenvalue weighted by Crippen LogP contribution is -2.43. The molecule has 0 N–H and O–H groups in total. The molecule has 28 heavy (non-hydrogen) atoms. The summed E-state index contributed by atoms with van der Waals surface area (Å²) in [4.78, 5) is 33.1. The number of aromatic nitrogens is 1. The molecule has 6 heteroatoms. The summed E-state index contributed by atoms with van der Waals surface area (Å²) in [6.45, 7) is -0.170. The Bertz CT molecular complexity index is 1110. The van der Waals surface area contributed by atoms with Gasteiger partial charge in [-0.2, -0.15) is 0 Å². The fourth-order valence-corrected chi connectivity index (χ4v) is 3.14. The zero-order chi connectivity index (χ0) is 19.7. The molecule has 0 atom stereocenters. The highest BCUT2D eigenvalue weighted by Gasteiger charge is 2.27. The number of pyridine rings is 1. The van der Waals surface area contributed by atoms with E-state index >= 15 is 0 Å². The molecule has 0 bridgehead atoms. The van der Waals surface area contributed by atoms with E-state index in [1.54, 1.807) is 30.5 Å². The molecular weight excluding hydrogens is 357 g/mol. The number of Topliss-reactive ketones (excluding diaryl/α,β-unsaturated/α-hetero) is 1. The van der Waals surface area contributed by atoms with Crippen LogP contribution >= 0.6 is 0 Å². The Labute approximate surface area is 161 Å². The SMILES string of the molecule is CN1C(=O)C(=O)CN=C1c1ccnc(-c2ccc(-c3ccccc3)c(F)c2)c1. The van der Waals surface area contributed by atoms with Crippen LogP contribution in [0.15, 0.2) is 71.9 Å². The summed E-state index contributed by atoms with van der Waals surface area (Å²) >= 11 is 0. The predicted molar refractivity (Wildman–Crippen MR) is 104 cm³/mol. The number of amides is 1. The summed E-state index contributed by atoms with van der Waals surface area (Å²) in [5.41, 5.74) is 3.12. The van der Waals surface area contributed by atoms with Gasteiger partial charge in [-0.3, -0.25) is 24.5 Å². The van der Waals surface area contributed by atoms with Gasteiger partial charge in [0.2, 0.25) is 5.78 Å². The van der Waals surface area contributed by atoms with Crippen molar-refractivity contribution in [2.45, 2.75) is 0 Å². The second kappa shape index (κ2) is 7.15. The summed E-state index contributed by atoms with van der Waals surface area (Å²) < 4.78 is 14.7. The fourth-order valence-electron chi connectivity index (χ4n) is 3.14. The number of halogens is 1. The lowest BCUT2D eigenvalue weighted by molar-refractivity contribution is -0.141. The fraction of sp³-hybridized carbons (Fsp3) is 0.0909. The van der Waals surface area contributed by atoms with Gasteiger partial charge in [0.25, 0.3) is 5.91 Å². The van der Waals surface area contributed by atoms with Gasteiger partial charge >= 0.3 is 0 Å². The van der Waals surface area contributed by atoms with Crippen molar-refractivity contribution in [3.8, 4) is 22.4 Å². The molecule has 0 aliphatic carbocycles. The minimum absolute atomic E-state index is 0.170. The zero-order valence-corrected chi connectivity index (χ0v) is 15.1. The molecule has 1 aromatic heterocycles. The number of aliphatic imine (C=N–C) groups is 1. The molecule has 0 saturated heterocycles. The number of amidine groups is 1. The van der Waals surface area contributed by atoms with Crippen LogP contribution in [-0.2, 0) is 9.59 Å². The topological polar surface area (TPSA) is 62.6 Å². The number of hydrogen-bond acceptors (Lipinski definition) is 4. The van der Waals surface area contributed by atoms with Crippen molar-refractivity contribution in [2.24, 2.45) is 4.99 Å². The number of benzene rings is 2. The molecule has 0 radical (unpaired) electrons. The van der Waals surface area contributed by atoms with Gasteiger partial charge in [0.15, 0.2) is 0 Å². The van der Waals surface area contributed by atoms with E-state index in [1.165, 1.54) is 18.0 Å². The van der Waals surface area contributed by atoms with Crippen LogP contribution < -0.4 is 0 Å². The minimum atomic E-state index is -0.596. The van der Waals surface area contributed by atoms with Crippen LogP contribution in [0.4, 0.5) is 4.39 Å². The first-order valence-corrected chi connectivity index (χ1v) is 8.71. The van der Waals surface area contributed by atoms with E-state index in [1.807, 2.05) is 30.3 Å². The van der Waals surface area contributed by atoms with Gasteiger partial charge in [0.1, 0.15) is 18.2 Å². The molecule has 2 heterocycles. The van der Waals surface area contributed by atoms with Crippen LogP contribution in [0.3, 0.4) is 0 Å². The minimum Gasteiger partial charge on any atom is -0.293 e. The van der Waals surface area contributed by atoms with Gasteiger partial charge < -0.3 is 0 Å². The van der Waals surface area contributed by atoms with Crippen LogP contribution in [-0.4, -0.2) is 41.0 Å². The number of likely N-dealkylation sites (N-methyl/N-ethyl adjacent to an activating group) is 1. The summed E-state index contributed by atoms with van der Waals surface area (Å²) in [5, 5.41) is 0. The molecule has 2 aromatic carbocycles. The molecule has 5 nitrogen and oxygen atoms in total. The highest BCUT2D eigenvalue weighted by atomic mass is 19.1. The van der Waals surface area contributed by atoms with Gasteiger partial charge in [-0.25, -0.2) is 4.39 Å². The first-order chi connectivity index (χ1) is 13.5. The summed E-state index contributed by atoms with van der Waals surface area (Å²) in [7, 11) is 1.51. The molecule has 138 valence electrons. The van der Waals surface area contributed by atoms with Gasteiger partial charge in [-0.15, -0.1) is 0 Å². The number of nitrogens with zero attached hydrogens (tertiary/aromatic N) is 3.